The predicted octanol–water partition coefficient (Wildman–Crippen LogP) is 3.73. The first-order valence-corrected chi connectivity index (χ1v) is 5.37. The molecular weight excluding hydrogens is 259 g/mol. The van der Waals surface area contributed by atoms with Crippen molar-refractivity contribution >= 4 is 34.6 Å². The van der Waals surface area contributed by atoms with Crippen molar-refractivity contribution in [3.05, 3.63) is 50.4 Å². The summed E-state index contributed by atoms with van der Waals surface area (Å²) < 4.78 is 0. The Kier molecular flexibility index (Phi) is 2.90. The Bertz CT molecular complexity index is 632. The molecule has 0 N–H and O–H groups in total. The van der Waals surface area contributed by atoms with E-state index in [0.717, 1.165) is 0 Å². The average Bonchev–Trinajstić information content (AvgIpc) is 2.60. The smallest absolute Gasteiger partial charge is 0.266 e. The predicted molar refractivity (Wildman–Crippen MR) is 64.5 cm³/mol. The fraction of sp³-hybridized carbons (Fsp3) is 0.0833. The van der Waals surface area contributed by atoms with Crippen LogP contribution in [-0.2, 0) is 0 Å². The Hall–Kier alpha value is -1.81. The summed E-state index contributed by atoms with van der Waals surface area (Å²) in [5, 5.41) is 9.43. The number of fused-ring (bicyclic) bond motifs is 1. The lowest BCUT2D eigenvalue weighted by Crippen LogP contribution is -1.90. The van der Waals surface area contributed by atoms with E-state index in [9.17, 15) is 4.79 Å². The summed E-state index contributed by atoms with van der Waals surface area (Å²) in [5.41, 5.74) is 1.32. The highest BCUT2D eigenvalue weighted by molar-refractivity contribution is 6.42. The minimum atomic E-state index is -0.148. The second-order valence-electron chi connectivity index (χ2n) is 3.46. The lowest BCUT2D eigenvalue weighted by Gasteiger charge is -2.02. The van der Waals surface area contributed by atoms with Gasteiger partial charge in [0, 0.05) is 12.0 Å². The highest BCUT2D eigenvalue weighted by Gasteiger charge is 2.28. The van der Waals surface area contributed by atoms with Gasteiger partial charge in [-0.05, 0) is 23.3 Å². The van der Waals surface area contributed by atoms with Crippen molar-refractivity contribution in [2.75, 3.05) is 0 Å². The molecule has 82 valence electrons. The molecule has 1 aromatic carbocycles. The molecular formula is C12H4Cl2N2O. The number of hydrogen-bond donors (Lipinski definition) is 0. The van der Waals surface area contributed by atoms with E-state index in [1.807, 2.05) is 0 Å². The van der Waals surface area contributed by atoms with Gasteiger partial charge in [0.2, 0.25) is 0 Å². The number of carbonyl (C=O) groups is 1. The molecule has 0 saturated carbocycles. The number of halogens is 2. The number of nitriles is 1. The van der Waals surface area contributed by atoms with Crippen LogP contribution in [0.4, 0.5) is 0 Å². The first-order valence-electron chi connectivity index (χ1n) is 4.61. The number of Topliss-reactive ketones (excluding diaryl/α,β-unsaturated/α-hetero) is 1. The number of rotatable bonds is 0. The largest absolute Gasteiger partial charge is 0.294 e. The van der Waals surface area contributed by atoms with Crippen molar-refractivity contribution in [2.45, 2.75) is 6.42 Å². The van der Waals surface area contributed by atoms with Crippen LogP contribution in [0, 0.1) is 17.9 Å². The second-order valence-corrected chi connectivity index (χ2v) is 4.28. The topological polar surface area (TPSA) is 45.2 Å². The van der Waals surface area contributed by atoms with Gasteiger partial charge in [-0.1, -0.05) is 23.2 Å². The molecule has 0 spiro atoms. The number of allylic oxidation sites excluding steroid dienone is 2. The molecule has 0 aromatic heterocycles. The Morgan fingerprint density at radius 1 is 1.35 bits per heavy atom. The quantitative estimate of drug-likeness (QED) is 0.528. The maximum absolute atomic E-state index is 11.7. The van der Waals surface area contributed by atoms with E-state index in [2.05, 4.69) is 4.85 Å². The van der Waals surface area contributed by atoms with Gasteiger partial charge in [-0.25, -0.2) is 10.1 Å². The van der Waals surface area contributed by atoms with Crippen LogP contribution in [0.3, 0.4) is 0 Å². The van der Waals surface area contributed by atoms with Gasteiger partial charge in [-0.3, -0.25) is 4.79 Å². The fourth-order valence-corrected chi connectivity index (χ4v) is 2.08. The SMILES string of the molecule is [C-]#[N+]/C(C#N)=C1\CC(=O)c2cc(Cl)c(Cl)cc21. The summed E-state index contributed by atoms with van der Waals surface area (Å²) in [7, 11) is 0. The molecule has 2 rings (SSSR count). The third-order valence-corrected chi connectivity index (χ3v) is 3.25. The fourth-order valence-electron chi connectivity index (χ4n) is 1.75. The van der Waals surface area contributed by atoms with Crippen LogP contribution in [-0.4, -0.2) is 5.78 Å². The van der Waals surface area contributed by atoms with Gasteiger partial charge < -0.3 is 0 Å². The molecule has 0 heterocycles. The maximum atomic E-state index is 11.7. The van der Waals surface area contributed by atoms with E-state index in [1.54, 1.807) is 6.07 Å². The Morgan fingerprint density at radius 3 is 2.47 bits per heavy atom. The third-order valence-electron chi connectivity index (χ3n) is 2.53. The standard InChI is InChI=1S/C12H4Cl2N2O/c1-16-11(5-15)7-4-12(17)8-3-10(14)9(13)2-6(7)8/h2-3H,4H2/b11-7+. The second kappa shape index (κ2) is 4.22. The molecule has 1 aliphatic rings. The van der Waals surface area contributed by atoms with Crippen LogP contribution in [0.5, 0.6) is 0 Å². The van der Waals surface area contributed by atoms with Gasteiger partial charge in [0.1, 0.15) is 0 Å². The number of nitrogens with zero attached hydrogens (tertiary/aromatic N) is 2. The molecule has 0 radical (unpaired) electrons. The molecule has 0 amide bonds. The number of ketones is 1. The van der Waals surface area contributed by atoms with Crippen LogP contribution < -0.4 is 0 Å². The molecule has 0 unspecified atom stereocenters. The molecule has 1 aromatic rings. The van der Waals surface area contributed by atoms with Crippen LogP contribution >= 0.6 is 23.2 Å². The molecule has 0 atom stereocenters. The molecule has 0 saturated heterocycles. The lowest BCUT2D eigenvalue weighted by atomic mass is 10.1. The summed E-state index contributed by atoms with van der Waals surface area (Å²) in [5.74, 6) is -0.148. The zero-order chi connectivity index (χ0) is 12.6. The van der Waals surface area contributed by atoms with Gasteiger partial charge in [0.25, 0.3) is 5.70 Å². The Balaban J connectivity index is 2.77. The summed E-state index contributed by atoms with van der Waals surface area (Å²) in [4.78, 5) is 14.8. The Morgan fingerprint density at radius 2 is 1.94 bits per heavy atom. The van der Waals surface area contributed by atoms with Gasteiger partial charge in [0.15, 0.2) is 5.78 Å². The minimum Gasteiger partial charge on any atom is -0.294 e. The van der Waals surface area contributed by atoms with E-state index < -0.39 is 0 Å². The van der Waals surface area contributed by atoms with Gasteiger partial charge in [-0.2, -0.15) is 0 Å². The molecule has 5 heteroatoms. The molecule has 0 bridgehead atoms. The summed E-state index contributed by atoms with van der Waals surface area (Å²) in [6.07, 6.45) is 0.0529. The van der Waals surface area contributed by atoms with E-state index in [-0.39, 0.29) is 17.9 Å². The number of hydrogen-bond acceptors (Lipinski definition) is 2. The van der Waals surface area contributed by atoms with Crippen LogP contribution in [0.15, 0.2) is 17.8 Å². The highest BCUT2D eigenvalue weighted by atomic mass is 35.5. The number of benzene rings is 1. The summed E-state index contributed by atoms with van der Waals surface area (Å²) in [6, 6.07) is 4.80. The van der Waals surface area contributed by atoms with Crippen molar-refractivity contribution in [2.24, 2.45) is 0 Å². The third kappa shape index (κ3) is 1.80. The molecule has 1 aliphatic carbocycles. The van der Waals surface area contributed by atoms with Crippen LogP contribution in [0.2, 0.25) is 10.0 Å². The maximum Gasteiger partial charge on any atom is 0.266 e. The molecule has 3 nitrogen and oxygen atoms in total. The zero-order valence-electron chi connectivity index (χ0n) is 8.42. The van der Waals surface area contributed by atoms with Crippen LogP contribution in [0.25, 0.3) is 10.4 Å². The van der Waals surface area contributed by atoms with Crippen LogP contribution in [0.1, 0.15) is 22.3 Å². The first-order chi connectivity index (χ1) is 8.08. The Labute approximate surface area is 108 Å². The summed E-state index contributed by atoms with van der Waals surface area (Å²) in [6.45, 7) is 6.90. The van der Waals surface area contributed by atoms with Gasteiger partial charge >= 0.3 is 0 Å². The van der Waals surface area contributed by atoms with Crippen molar-refractivity contribution in [1.82, 2.24) is 0 Å². The van der Waals surface area contributed by atoms with E-state index in [0.29, 0.717) is 26.7 Å². The lowest BCUT2D eigenvalue weighted by molar-refractivity contribution is 0.100. The highest BCUT2D eigenvalue weighted by Crippen LogP contribution is 2.39. The minimum absolute atomic E-state index is 0.0529. The molecule has 17 heavy (non-hydrogen) atoms. The van der Waals surface area contributed by atoms with Crippen molar-refractivity contribution in [1.29, 1.82) is 5.26 Å². The zero-order valence-corrected chi connectivity index (χ0v) is 9.93. The van der Waals surface area contributed by atoms with Crippen molar-refractivity contribution in [3.8, 4) is 6.07 Å². The first kappa shape index (κ1) is 11.7. The van der Waals surface area contributed by atoms with Gasteiger partial charge in [-0.15, -0.1) is 0 Å². The normalized spacial score (nSPS) is 16.1. The molecule has 0 aliphatic heterocycles. The van der Waals surface area contributed by atoms with E-state index in [1.165, 1.54) is 12.1 Å². The van der Waals surface area contributed by atoms with E-state index in [4.69, 9.17) is 35.0 Å². The average molecular weight is 263 g/mol. The summed E-state index contributed by atoms with van der Waals surface area (Å²) >= 11 is 11.7. The van der Waals surface area contributed by atoms with Crippen molar-refractivity contribution < 1.29 is 4.79 Å². The van der Waals surface area contributed by atoms with Gasteiger partial charge in [0.05, 0.1) is 22.7 Å². The monoisotopic (exact) mass is 262 g/mol. The van der Waals surface area contributed by atoms with E-state index >= 15 is 0 Å². The van der Waals surface area contributed by atoms with Crippen molar-refractivity contribution in [3.63, 3.8) is 0 Å². The molecule has 0 fully saturated rings. The number of carbonyl (C=O) groups excluding carboxylic acids is 1.